The van der Waals surface area contributed by atoms with Crippen LogP contribution < -0.4 is 4.74 Å². The summed E-state index contributed by atoms with van der Waals surface area (Å²) < 4.78 is 5.09. The van der Waals surface area contributed by atoms with Gasteiger partial charge in [-0.1, -0.05) is 30.3 Å². The van der Waals surface area contributed by atoms with Crippen LogP contribution in [0, 0.1) is 11.3 Å². The van der Waals surface area contributed by atoms with Crippen molar-refractivity contribution in [2.75, 3.05) is 13.4 Å². The molecule has 2 aromatic rings. The number of carbonyl (C=O) groups is 1. The number of carbonyl (C=O) groups excluding carboxylic acids is 1. The standard InChI is InChI=1S/C17H15NO2S/c1-20-13-9-7-12(8-10-13)15(11-18)17(19)14-5-3-4-6-16(14)21-2/h3-10,15H,1-2H3. The van der Waals surface area contributed by atoms with Gasteiger partial charge in [-0.2, -0.15) is 5.26 Å². The summed E-state index contributed by atoms with van der Waals surface area (Å²) in [7, 11) is 1.58. The van der Waals surface area contributed by atoms with Gasteiger partial charge in [0.25, 0.3) is 0 Å². The van der Waals surface area contributed by atoms with Gasteiger partial charge in [-0.3, -0.25) is 4.79 Å². The summed E-state index contributed by atoms with van der Waals surface area (Å²) in [5, 5.41) is 9.39. The number of Topliss-reactive ketones (excluding diaryl/α,β-unsaturated/α-hetero) is 1. The van der Waals surface area contributed by atoms with Crippen molar-refractivity contribution in [3.63, 3.8) is 0 Å². The third-order valence-electron chi connectivity index (χ3n) is 3.21. The van der Waals surface area contributed by atoms with Crippen molar-refractivity contribution in [2.45, 2.75) is 10.8 Å². The highest BCUT2D eigenvalue weighted by Gasteiger charge is 2.23. The SMILES string of the molecule is COc1ccc(C(C#N)C(=O)c2ccccc2SC)cc1. The molecule has 106 valence electrons. The molecule has 21 heavy (non-hydrogen) atoms. The van der Waals surface area contributed by atoms with Crippen LogP contribution in [0.5, 0.6) is 5.75 Å². The predicted octanol–water partition coefficient (Wildman–Crippen LogP) is 3.91. The number of thioether (sulfide) groups is 1. The van der Waals surface area contributed by atoms with Crippen LogP contribution in [0.3, 0.4) is 0 Å². The molecule has 2 aromatic carbocycles. The van der Waals surface area contributed by atoms with Crippen LogP contribution in [0.25, 0.3) is 0 Å². The minimum absolute atomic E-state index is 0.174. The molecule has 1 unspecified atom stereocenters. The Morgan fingerprint density at radius 3 is 2.43 bits per heavy atom. The minimum atomic E-state index is -0.802. The fourth-order valence-corrected chi connectivity index (χ4v) is 2.69. The van der Waals surface area contributed by atoms with Gasteiger partial charge >= 0.3 is 0 Å². The molecule has 0 aliphatic carbocycles. The third kappa shape index (κ3) is 3.26. The first-order valence-electron chi connectivity index (χ1n) is 6.42. The van der Waals surface area contributed by atoms with Crippen molar-refractivity contribution in [3.05, 3.63) is 59.7 Å². The van der Waals surface area contributed by atoms with Crippen LogP contribution in [0.15, 0.2) is 53.4 Å². The van der Waals surface area contributed by atoms with Crippen molar-refractivity contribution in [2.24, 2.45) is 0 Å². The van der Waals surface area contributed by atoms with Crippen LogP contribution in [-0.4, -0.2) is 19.1 Å². The lowest BCUT2D eigenvalue weighted by Gasteiger charge is -2.11. The largest absolute Gasteiger partial charge is 0.497 e. The summed E-state index contributed by atoms with van der Waals surface area (Å²) in [6.45, 7) is 0. The molecule has 0 saturated carbocycles. The molecule has 0 aliphatic rings. The van der Waals surface area contributed by atoms with Crippen molar-refractivity contribution < 1.29 is 9.53 Å². The minimum Gasteiger partial charge on any atom is -0.497 e. The fourth-order valence-electron chi connectivity index (χ4n) is 2.08. The summed E-state index contributed by atoms with van der Waals surface area (Å²) in [5.41, 5.74) is 1.27. The summed E-state index contributed by atoms with van der Waals surface area (Å²) in [6, 6.07) is 16.5. The van der Waals surface area contributed by atoms with Gasteiger partial charge in [-0.05, 0) is 30.0 Å². The van der Waals surface area contributed by atoms with E-state index in [-0.39, 0.29) is 5.78 Å². The van der Waals surface area contributed by atoms with Crippen molar-refractivity contribution in [1.82, 2.24) is 0 Å². The van der Waals surface area contributed by atoms with Gasteiger partial charge in [0, 0.05) is 10.5 Å². The van der Waals surface area contributed by atoms with Gasteiger partial charge < -0.3 is 4.74 Å². The fraction of sp³-hybridized carbons (Fsp3) is 0.176. The first-order chi connectivity index (χ1) is 10.2. The number of rotatable bonds is 5. The first-order valence-corrected chi connectivity index (χ1v) is 7.64. The second kappa shape index (κ2) is 6.96. The first kappa shape index (κ1) is 15.1. The maximum Gasteiger partial charge on any atom is 0.185 e. The number of methoxy groups -OCH3 is 1. The smallest absolute Gasteiger partial charge is 0.185 e. The molecule has 4 heteroatoms. The number of hydrogen-bond acceptors (Lipinski definition) is 4. The quantitative estimate of drug-likeness (QED) is 0.620. The molecule has 0 saturated heterocycles. The summed E-state index contributed by atoms with van der Waals surface area (Å²) in [5.74, 6) is -0.274. The molecular weight excluding hydrogens is 282 g/mol. The van der Waals surface area contributed by atoms with E-state index in [4.69, 9.17) is 4.74 Å². The van der Waals surface area contributed by atoms with E-state index >= 15 is 0 Å². The average molecular weight is 297 g/mol. The molecule has 0 aromatic heterocycles. The Hall–Kier alpha value is -2.25. The maximum absolute atomic E-state index is 12.6. The monoisotopic (exact) mass is 297 g/mol. The molecule has 1 atom stereocenters. The number of benzene rings is 2. The second-order valence-electron chi connectivity index (χ2n) is 4.40. The third-order valence-corrected chi connectivity index (χ3v) is 4.01. The lowest BCUT2D eigenvalue weighted by molar-refractivity contribution is 0.0976. The Kier molecular flexibility index (Phi) is 5.02. The van der Waals surface area contributed by atoms with Gasteiger partial charge in [0.05, 0.1) is 13.2 Å². The molecule has 0 amide bonds. The highest BCUT2D eigenvalue weighted by atomic mass is 32.2. The lowest BCUT2D eigenvalue weighted by Crippen LogP contribution is -2.12. The zero-order chi connectivity index (χ0) is 15.2. The van der Waals surface area contributed by atoms with Crippen LogP contribution in [0.2, 0.25) is 0 Å². The zero-order valence-corrected chi connectivity index (χ0v) is 12.7. The highest BCUT2D eigenvalue weighted by Crippen LogP contribution is 2.27. The second-order valence-corrected chi connectivity index (χ2v) is 5.25. The molecule has 0 spiro atoms. The zero-order valence-electron chi connectivity index (χ0n) is 11.9. The molecule has 0 heterocycles. The lowest BCUT2D eigenvalue weighted by atomic mass is 9.92. The van der Waals surface area contributed by atoms with Crippen molar-refractivity contribution in [1.29, 1.82) is 5.26 Å². The van der Waals surface area contributed by atoms with Crippen LogP contribution in [-0.2, 0) is 0 Å². The summed E-state index contributed by atoms with van der Waals surface area (Å²) >= 11 is 1.50. The Bertz CT molecular complexity index is 674. The van der Waals surface area contributed by atoms with Crippen LogP contribution in [0.1, 0.15) is 21.8 Å². The molecule has 0 N–H and O–H groups in total. The van der Waals surface area contributed by atoms with E-state index in [9.17, 15) is 10.1 Å². The van der Waals surface area contributed by atoms with Gasteiger partial charge in [0.15, 0.2) is 5.78 Å². The topological polar surface area (TPSA) is 50.1 Å². The highest BCUT2D eigenvalue weighted by molar-refractivity contribution is 7.98. The molecule has 0 aliphatic heterocycles. The van der Waals surface area contributed by atoms with E-state index in [0.717, 1.165) is 4.90 Å². The van der Waals surface area contributed by atoms with E-state index < -0.39 is 5.92 Å². The molecular formula is C17H15NO2S. The predicted molar refractivity (Wildman–Crippen MR) is 83.9 cm³/mol. The maximum atomic E-state index is 12.6. The molecule has 2 rings (SSSR count). The van der Waals surface area contributed by atoms with E-state index in [0.29, 0.717) is 16.9 Å². The van der Waals surface area contributed by atoms with Crippen molar-refractivity contribution in [3.8, 4) is 11.8 Å². The summed E-state index contributed by atoms with van der Waals surface area (Å²) in [4.78, 5) is 13.5. The normalized spacial score (nSPS) is 11.5. The summed E-state index contributed by atoms with van der Waals surface area (Å²) in [6.07, 6.45) is 1.92. The van der Waals surface area contributed by atoms with Gasteiger partial charge in [-0.15, -0.1) is 11.8 Å². The number of hydrogen-bond donors (Lipinski definition) is 0. The molecule has 0 bridgehead atoms. The molecule has 3 nitrogen and oxygen atoms in total. The number of ether oxygens (including phenoxy) is 1. The number of nitrogens with zero attached hydrogens (tertiary/aromatic N) is 1. The van der Waals surface area contributed by atoms with E-state index in [1.807, 2.05) is 24.5 Å². The Balaban J connectivity index is 2.36. The van der Waals surface area contributed by atoms with Crippen LogP contribution >= 0.6 is 11.8 Å². The van der Waals surface area contributed by atoms with E-state index in [2.05, 4.69) is 6.07 Å². The Morgan fingerprint density at radius 2 is 1.86 bits per heavy atom. The van der Waals surface area contributed by atoms with Crippen molar-refractivity contribution >= 4 is 17.5 Å². The molecule has 0 fully saturated rings. The van der Waals surface area contributed by atoms with Crippen LogP contribution in [0.4, 0.5) is 0 Å². The molecule has 0 radical (unpaired) electrons. The van der Waals surface area contributed by atoms with E-state index in [1.165, 1.54) is 11.8 Å². The van der Waals surface area contributed by atoms with E-state index in [1.54, 1.807) is 37.4 Å². The number of nitriles is 1. The average Bonchev–Trinajstić information content (AvgIpc) is 2.56. The van der Waals surface area contributed by atoms with Gasteiger partial charge in [0.2, 0.25) is 0 Å². The Morgan fingerprint density at radius 1 is 1.19 bits per heavy atom. The Labute approximate surface area is 128 Å². The van der Waals surface area contributed by atoms with Gasteiger partial charge in [0.1, 0.15) is 11.7 Å². The number of ketones is 1. The van der Waals surface area contributed by atoms with Gasteiger partial charge in [-0.25, -0.2) is 0 Å².